The summed E-state index contributed by atoms with van der Waals surface area (Å²) >= 11 is 6.40. The van der Waals surface area contributed by atoms with E-state index in [2.05, 4.69) is 41.9 Å². The molecule has 4 heterocycles. The van der Waals surface area contributed by atoms with Crippen molar-refractivity contribution in [2.45, 2.75) is 75.2 Å². The Kier molecular flexibility index (Phi) is 14.2. The van der Waals surface area contributed by atoms with Gasteiger partial charge in [-0.3, -0.25) is 14.5 Å². The fourth-order valence-corrected chi connectivity index (χ4v) is 10.6. The maximum atomic E-state index is 13.4. The largest absolute Gasteiger partial charge is 0.490 e. The fraction of sp³-hybridized carbons (Fsp3) is 0.535. The van der Waals surface area contributed by atoms with Gasteiger partial charge in [0.15, 0.2) is 6.29 Å². The summed E-state index contributed by atoms with van der Waals surface area (Å²) in [5.74, 6) is 0.718. The van der Waals surface area contributed by atoms with Crippen molar-refractivity contribution >= 4 is 51.9 Å². The fourth-order valence-electron chi connectivity index (χ4n) is 9.16. The van der Waals surface area contributed by atoms with Crippen LogP contribution in [0.3, 0.4) is 0 Å². The molecule has 1 saturated carbocycles. The van der Waals surface area contributed by atoms with Gasteiger partial charge in [0, 0.05) is 80.7 Å². The molecule has 1 aromatic heterocycles. The van der Waals surface area contributed by atoms with Crippen LogP contribution in [0.15, 0.2) is 67.0 Å². The summed E-state index contributed by atoms with van der Waals surface area (Å²) in [5, 5.41) is 3.19. The van der Waals surface area contributed by atoms with Crippen molar-refractivity contribution in [1.82, 2.24) is 24.9 Å². The molecule has 1 saturated heterocycles. The minimum atomic E-state index is -3.97. The Morgan fingerprint density at radius 3 is 2.57 bits per heavy atom. The highest BCUT2D eigenvalue weighted by molar-refractivity contribution is 7.90. The Hall–Kier alpha value is -3.59. The molecule has 0 radical (unpaired) electrons. The highest BCUT2D eigenvalue weighted by Gasteiger charge is 2.49. The van der Waals surface area contributed by atoms with E-state index in [1.165, 1.54) is 11.1 Å². The number of allylic oxidation sites excluding steroid dienone is 1. The monoisotopic (exact) mass is 854 g/mol. The minimum Gasteiger partial charge on any atom is -0.490 e. The molecular weight excluding hydrogens is 799 g/mol. The van der Waals surface area contributed by atoms with E-state index in [9.17, 15) is 18.0 Å². The van der Waals surface area contributed by atoms with E-state index in [0.717, 1.165) is 82.6 Å². The first-order chi connectivity index (χ1) is 27.5. The summed E-state index contributed by atoms with van der Waals surface area (Å²) in [6.07, 6.45) is 13.2. The Morgan fingerprint density at radius 2 is 1.86 bits per heavy atom. The molecule has 2 fully saturated rings. The molecule has 3 aromatic rings. The molecule has 1 spiro atoms. The average Bonchev–Trinajstić information content (AvgIpc) is 3.35. The number of nitrogens with one attached hydrogen (secondary N) is 2. The zero-order valence-corrected chi connectivity index (χ0v) is 36.0. The van der Waals surface area contributed by atoms with Gasteiger partial charge >= 0.3 is 0 Å². The lowest BCUT2D eigenvalue weighted by Crippen LogP contribution is -2.53. The van der Waals surface area contributed by atoms with Crippen LogP contribution < -0.4 is 19.7 Å². The lowest BCUT2D eigenvalue weighted by Gasteiger charge is -2.48. The normalized spacial score (nSPS) is 29.9. The van der Waals surface area contributed by atoms with Crippen LogP contribution in [-0.4, -0.2) is 99.3 Å². The van der Waals surface area contributed by atoms with Gasteiger partial charge in [-0.2, -0.15) is 0 Å². The molecule has 2 aliphatic carbocycles. The molecule has 6 atom stereocenters. The number of aromatic nitrogens is 2. The predicted molar refractivity (Wildman–Crippen MR) is 228 cm³/mol. The number of halogens is 2. The number of carbonyl (C=O) groups excluding carboxylic acids is 2. The number of amides is 1. The van der Waals surface area contributed by atoms with Gasteiger partial charge in [-0.15, -0.1) is 12.4 Å². The summed E-state index contributed by atoms with van der Waals surface area (Å²) in [6, 6.07) is 13.1. The Bertz CT molecular complexity index is 2050. The molecule has 5 aliphatic rings. The number of hydrogen-bond acceptors (Lipinski definition) is 11. The summed E-state index contributed by atoms with van der Waals surface area (Å²) in [7, 11) is -2.41. The molecule has 0 unspecified atom stereocenters. The van der Waals surface area contributed by atoms with Gasteiger partial charge < -0.3 is 19.7 Å². The maximum absolute atomic E-state index is 13.4. The standard InChI is InChI=1S/C34H41ClN2O6S.C9H14N4.ClH/c1-22-6-4-15-34(20-38,42-3)29-11-8-26(29)18-37-19-33(14-5-7-24-16-27(35)10-12-28(24)33)21-43-31-13-9-25(17-30(31)37)32(39)36-44(40,41)23(22)2;1-2-11-9(12-3-1)8-13-6-4-10-5-7-13;/h4,9-10,12-13,15-17,20,22-23,26,29H,5-8,11,14,18-19,21H2,1-3H3,(H,36,39);1-3,10H,4-8H2;1H/b15-4+;;/t22-,23+,26-,29+,33-,34+;;/m0../s1. The summed E-state index contributed by atoms with van der Waals surface area (Å²) in [4.78, 5) is 39.1. The van der Waals surface area contributed by atoms with Crippen LogP contribution in [0.5, 0.6) is 5.75 Å². The van der Waals surface area contributed by atoms with Gasteiger partial charge in [0.25, 0.3) is 5.91 Å². The third kappa shape index (κ3) is 9.40. The van der Waals surface area contributed by atoms with Crippen molar-refractivity contribution in [3.05, 3.63) is 94.5 Å². The van der Waals surface area contributed by atoms with Crippen molar-refractivity contribution in [3.63, 3.8) is 0 Å². The van der Waals surface area contributed by atoms with Gasteiger partial charge in [-0.05, 0) is 111 Å². The number of anilines is 1. The zero-order chi connectivity index (χ0) is 40.2. The number of methoxy groups -OCH3 is 1. The van der Waals surface area contributed by atoms with Gasteiger partial charge in [0.2, 0.25) is 10.0 Å². The van der Waals surface area contributed by atoms with Gasteiger partial charge in [0.05, 0.1) is 24.1 Å². The average molecular weight is 856 g/mol. The number of aryl methyl sites for hydroxylation is 1. The Labute approximate surface area is 354 Å². The highest BCUT2D eigenvalue weighted by atomic mass is 35.5. The molecule has 2 bridgehead atoms. The predicted octanol–water partition coefficient (Wildman–Crippen LogP) is 5.77. The van der Waals surface area contributed by atoms with Crippen molar-refractivity contribution in [1.29, 1.82) is 0 Å². The molecule has 15 heteroatoms. The molecule has 3 aliphatic heterocycles. The van der Waals surface area contributed by atoms with E-state index in [1.807, 2.05) is 31.2 Å². The third-order valence-electron chi connectivity index (χ3n) is 12.9. The lowest BCUT2D eigenvalue weighted by atomic mass is 9.64. The lowest BCUT2D eigenvalue weighted by molar-refractivity contribution is -0.135. The molecule has 8 rings (SSSR count). The molecular formula is C43H56Cl2N6O6S. The van der Waals surface area contributed by atoms with E-state index < -0.39 is 26.8 Å². The van der Waals surface area contributed by atoms with Gasteiger partial charge in [-0.25, -0.2) is 23.1 Å². The number of ether oxygens (including phenoxy) is 2. The van der Waals surface area contributed by atoms with E-state index in [1.54, 1.807) is 44.6 Å². The van der Waals surface area contributed by atoms with Crippen molar-refractivity contribution < 1.29 is 27.5 Å². The highest BCUT2D eigenvalue weighted by Crippen LogP contribution is 2.48. The van der Waals surface area contributed by atoms with E-state index in [0.29, 0.717) is 36.9 Å². The van der Waals surface area contributed by atoms with Crippen molar-refractivity contribution in [2.24, 2.45) is 17.8 Å². The van der Waals surface area contributed by atoms with Crippen LogP contribution in [0.2, 0.25) is 5.02 Å². The number of piperazine rings is 1. The van der Waals surface area contributed by atoms with Crippen LogP contribution in [-0.2, 0) is 37.9 Å². The minimum absolute atomic E-state index is 0. The Balaban J connectivity index is 0.000000343. The first-order valence-electron chi connectivity index (χ1n) is 20.2. The van der Waals surface area contributed by atoms with Crippen LogP contribution in [0, 0.1) is 17.8 Å². The number of nitrogens with zero attached hydrogens (tertiary/aromatic N) is 4. The van der Waals surface area contributed by atoms with Crippen molar-refractivity contribution in [3.8, 4) is 5.75 Å². The second-order valence-electron chi connectivity index (χ2n) is 16.4. The molecule has 2 aromatic carbocycles. The summed E-state index contributed by atoms with van der Waals surface area (Å²) in [5.41, 5.74) is 2.05. The third-order valence-corrected chi connectivity index (χ3v) is 15.0. The van der Waals surface area contributed by atoms with Gasteiger partial charge in [-0.1, -0.05) is 30.7 Å². The summed E-state index contributed by atoms with van der Waals surface area (Å²) < 4.78 is 41.3. The second-order valence-corrected chi connectivity index (χ2v) is 18.9. The molecule has 12 nitrogen and oxygen atoms in total. The molecule has 314 valence electrons. The van der Waals surface area contributed by atoms with Gasteiger partial charge in [0.1, 0.15) is 17.2 Å². The number of hydrogen-bond donors (Lipinski definition) is 2. The van der Waals surface area contributed by atoms with Crippen molar-refractivity contribution in [2.75, 3.05) is 57.9 Å². The smallest absolute Gasteiger partial charge is 0.264 e. The number of carbonyl (C=O) groups is 2. The van der Waals surface area contributed by atoms with Crippen LogP contribution in [0.1, 0.15) is 73.3 Å². The first kappa shape index (κ1) is 44.0. The van der Waals surface area contributed by atoms with Crippen LogP contribution >= 0.6 is 24.0 Å². The Morgan fingerprint density at radius 1 is 1.09 bits per heavy atom. The number of benzene rings is 2. The molecule has 1 amide bonds. The SMILES string of the molecule is CO[C@@]1(C=O)/C=C/C[C@H](C)[C@@H](C)S(=O)(=O)NC(=O)c2ccc3c(c2)N(C[C@@H]2CC[C@H]21)C[C@@]1(CCCc2cc(Cl)ccc21)CO3.Cl.c1cnc(CN2CCNCC2)nc1. The van der Waals surface area contributed by atoms with Crippen LogP contribution in [0.25, 0.3) is 0 Å². The number of aldehydes is 1. The van der Waals surface area contributed by atoms with E-state index in [-0.39, 0.29) is 41.1 Å². The molecule has 2 N–H and O–H groups in total. The summed E-state index contributed by atoms with van der Waals surface area (Å²) in [6.45, 7) is 10.4. The quantitative estimate of drug-likeness (QED) is 0.244. The first-order valence-corrected chi connectivity index (χ1v) is 22.1. The topological polar surface area (TPSA) is 143 Å². The van der Waals surface area contributed by atoms with E-state index >= 15 is 0 Å². The maximum Gasteiger partial charge on any atom is 0.264 e. The zero-order valence-electron chi connectivity index (χ0n) is 33.6. The number of fused-ring (bicyclic) bond motifs is 4. The second kappa shape index (κ2) is 18.8. The molecule has 58 heavy (non-hydrogen) atoms. The number of sulfonamides is 1. The number of rotatable bonds is 4. The van der Waals surface area contributed by atoms with E-state index in [4.69, 9.17) is 21.1 Å². The van der Waals surface area contributed by atoms with Crippen LogP contribution in [0.4, 0.5) is 5.69 Å².